The van der Waals surface area contributed by atoms with E-state index in [1.54, 1.807) is 0 Å². The fourth-order valence-corrected chi connectivity index (χ4v) is 11.3. The van der Waals surface area contributed by atoms with E-state index in [1.807, 2.05) is 11.3 Å². The third kappa shape index (κ3) is 4.72. The predicted octanol–water partition coefficient (Wildman–Crippen LogP) is 14.7. The SMILES string of the molecule is CN1c2c(ccc3ccccc23)C(c2ccc(-c3ccccc3)cc2)=NC1n1c2ccccc2c2cc(-c3ccc4sc5c(c4c3)-c3cccc4cccc-5c34)ccc21. The molecule has 1 aliphatic carbocycles. The lowest BCUT2D eigenvalue weighted by Crippen LogP contribution is -2.34. The second-order valence-corrected chi connectivity index (χ2v) is 17.0. The molecule has 0 fully saturated rings. The average molecular weight is 770 g/mol. The number of thiophene rings is 1. The van der Waals surface area contributed by atoms with E-state index < -0.39 is 0 Å². The molecule has 3 nitrogen and oxygen atoms in total. The summed E-state index contributed by atoms with van der Waals surface area (Å²) in [5.74, 6) is 0. The number of hydrogen-bond donors (Lipinski definition) is 0. The van der Waals surface area contributed by atoms with Crippen molar-refractivity contribution in [2.24, 2.45) is 4.99 Å². The maximum atomic E-state index is 5.71. The zero-order valence-electron chi connectivity index (χ0n) is 32.2. The number of fused-ring (bicyclic) bond motifs is 11. The van der Waals surface area contributed by atoms with Gasteiger partial charge >= 0.3 is 0 Å². The highest BCUT2D eigenvalue weighted by Crippen LogP contribution is 2.55. The maximum absolute atomic E-state index is 5.71. The van der Waals surface area contributed by atoms with Crippen molar-refractivity contribution in [3.05, 3.63) is 199 Å². The van der Waals surface area contributed by atoms with Crippen molar-refractivity contribution in [1.82, 2.24) is 4.57 Å². The highest BCUT2D eigenvalue weighted by molar-refractivity contribution is 7.23. The Morgan fingerprint density at radius 3 is 1.95 bits per heavy atom. The lowest BCUT2D eigenvalue weighted by molar-refractivity contribution is 0.542. The molecule has 9 aromatic carbocycles. The molecule has 1 aliphatic heterocycles. The lowest BCUT2D eigenvalue weighted by atomic mass is 9.93. The molecular weight excluding hydrogens is 735 g/mol. The van der Waals surface area contributed by atoms with Gasteiger partial charge in [0, 0.05) is 60.4 Å². The van der Waals surface area contributed by atoms with E-state index in [0.29, 0.717) is 0 Å². The van der Waals surface area contributed by atoms with E-state index in [2.05, 4.69) is 205 Å². The monoisotopic (exact) mass is 769 g/mol. The molecule has 0 saturated carbocycles. The van der Waals surface area contributed by atoms with E-state index >= 15 is 0 Å². The van der Waals surface area contributed by atoms with Crippen LogP contribution in [0.4, 0.5) is 5.69 Å². The van der Waals surface area contributed by atoms with Crippen LogP contribution in [0.3, 0.4) is 0 Å². The maximum Gasteiger partial charge on any atom is 0.203 e. The molecule has 0 bridgehead atoms. The molecule has 0 saturated heterocycles. The molecule has 4 heteroatoms. The summed E-state index contributed by atoms with van der Waals surface area (Å²) in [5, 5.41) is 8.93. The van der Waals surface area contributed by atoms with Crippen molar-refractivity contribution >= 4 is 76.2 Å². The van der Waals surface area contributed by atoms with Gasteiger partial charge in [0.05, 0.1) is 22.4 Å². The van der Waals surface area contributed by atoms with Crippen LogP contribution in [0.15, 0.2) is 193 Å². The number of para-hydroxylation sites is 1. The normalized spacial score (nSPS) is 14.4. The Kier molecular flexibility index (Phi) is 6.87. The van der Waals surface area contributed by atoms with Gasteiger partial charge in [0.15, 0.2) is 0 Å². The summed E-state index contributed by atoms with van der Waals surface area (Å²) in [6, 6.07) is 69.1. The second kappa shape index (κ2) is 12.4. The Hall–Kier alpha value is -7.27. The molecule has 1 unspecified atom stereocenters. The number of aromatic nitrogens is 1. The topological polar surface area (TPSA) is 20.5 Å². The second-order valence-electron chi connectivity index (χ2n) is 15.9. The van der Waals surface area contributed by atoms with Crippen molar-refractivity contribution in [1.29, 1.82) is 0 Å². The number of nitrogens with zero attached hydrogens (tertiary/aromatic N) is 3. The Morgan fingerprint density at radius 2 is 1.10 bits per heavy atom. The number of anilines is 1. The molecule has 59 heavy (non-hydrogen) atoms. The van der Waals surface area contributed by atoms with Gasteiger partial charge in [-0.05, 0) is 74.3 Å². The highest BCUT2D eigenvalue weighted by atomic mass is 32.1. The van der Waals surface area contributed by atoms with Crippen molar-refractivity contribution in [3.8, 4) is 43.8 Å². The third-order valence-electron chi connectivity index (χ3n) is 12.7. The number of aliphatic imine (C=N–C) groups is 1. The van der Waals surface area contributed by atoms with Crippen LogP contribution in [0, 0.1) is 0 Å². The molecule has 2 aliphatic rings. The highest BCUT2D eigenvalue weighted by Gasteiger charge is 2.32. The van der Waals surface area contributed by atoms with Gasteiger partial charge in [0.2, 0.25) is 6.29 Å². The van der Waals surface area contributed by atoms with Crippen LogP contribution < -0.4 is 4.90 Å². The van der Waals surface area contributed by atoms with E-state index in [1.165, 1.54) is 97.4 Å². The van der Waals surface area contributed by atoms with Crippen molar-refractivity contribution < 1.29 is 0 Å². The van der Waals surface area contributed by atoms with Crippen LogP contribution in [0.5, 0.6) is 0 Å². The van der Waals surface area contributed by atoms with Crippen molar-refractivity contribution in [3.63, 3.8) is 0 Å². The molecule has 276 valence electrons. The minimum absolute atomic E-state index is 0.320. The van der Waals surface area contributed by atoms with Gasteiger partial charge in [-0.2, -0.15) is 0 Å². The molecule has 0 amide bonds. The lowest BCUT2D eigenvalue weighted by Gasteiger charge is -2.36. The van der Waals surface area contributed by atoms with Gasteiger partial charge in [-0.25, -0.2) is 4.99 Å². The molecule has 0 spiro atoms. The summed E-state index contributed by atoms with van der Waals surface area (Å²) in [5.41, 5.74) is 15.7. The fraction of sp³-hybridized carbons (Fsp3) is 0.0364. The first kappa shape index (κ1) is 32.8. The third-order valence-corrected chi connectivity index (χ3v) is 13.9. The summed E-state index contributed by atoms with van der Waals surface area (Å²) < 4.78 is 3.78. The van der Waals surface area contributed by atoms with Gasteiger partial charge in [-0.3, -0.25) is 0 Å². The molecule has 1 atom stereocenters. The quantitative estimate of drug-likeness (QED) is 0.175. The molecule has 13 rings (SSSR count). The van der Waals surface area contributed by atoms with Gasteiger partial charge in [0.25, 0.3) is 0 Å². The van der Waals surface area contributed by atoms with Crippen molar-refractivity contribution in [2.45, 2.75) is 6.29 Å². The van der Waals surface area contributed by atoms with Crippen molar-refractivity contribution in [2.75, 3.05) is 11.9 Å². The number of rotatable bonds is 4. The predicted molar refractivity (Wildman–Crippen MR) is 251 cm³/mol. The smallest absolute Gasteiger partial charge is 0.203 e. The minimum Gasteiger partial charge on any atom is -0.334 e. The molecule has 2 aromatic heterocycles. The van der Waals surface area contributed by atoms with Gasteiger partial charge in [-0.1, -0.05) is 158 Å². The Labute approximate surface area is 345 Å². The average Bonchev–Trinajstić information content (AvgIpc) is 3.95. The van der Waals surface area contributed by atoms with Gasteiger partial charge in [0.1, 0.15) is 0 Å². The van der Waals surface area contributed by atoms with E-state index in [0.717, 1.165) is 22.4 Å². The van der Waals surface area contributed by atoms with Gasteiger partial charge < -0.3 is 9.47 Å². The number of hydrogen-bond acceptors (Lipinski definition) is 3. The van der Waals surface area contributed by atoms with Gasteiger partial charge in [-0.15, -0.1) is 11.3 Å². The summed E-state index contributed by atoms with van der Waals surface area (Å²) >= 11 is 1.92. The van der Waals surface area contributed by atoms with Crippen LogP contribution in [0.25, 0.3) is 97.3 Å². The van der Waals surface area contributed by atoms with Crippen LogP contribution in [-0.2, 0) is 0 Å². The van der Waals surface area contributed by atoms with E-state index in [-0.39, 0.29) is 6.29 Å². The summed E-state index contributed by atoms with van der Waals surface area (Å²) in [4.78, 5) is 9.48. The first-order valence-corrected chi connectivity index (χ1v) is 21.1. The Morgan fingerprint density at radius 1 is 0.458 bits per heavy atom. The largest absolute Gasteiger partial charge is 0.334 e. The number of benzene rings is 9. The van der Waals surface area contributed by atoms with Crippen LogP contribution in [0.1, 0.15) is 17.4 Å². The molecular formula is C55H35N3S. The molecule has 11 aromatic rings. The summed E-state index contributed by atoms with van der Waals surface area (Å²) in [6.07, 6.45) is -0.320. The Bertz CT molecular complexity index is 3570. The molecule has 0 N–H and O–H groups in total. The first-order valence-electron chi connectivity index (χ1n) is 20.3. The van der Waals surface area contributed by atoms with E-state index in [9.17, 15) is 0 Å². The minimum atomic E-state index is -0.320. The Balaban J connectivity index is 0.982. The zero-order valence-corrected chi connectivity index (χ0v) is 33.0. The standard InChI is InChI=1S/C55H35N3S/c1-57-53-40-16-6-5-13-35(40)25-28-44(53)52(37-23-21-34(22-24-37)33-11-3-2-4-12-33)56-55(57)58-47-20-8-7-17-41(47)45-31-38(26-29-48(45)58)39-27-30-49-46(32-39)51-42-18-9-14-36-15-10-19-43(50(36)42)54(51)59-49/h2-32,55H,1H3. The van der Waals surface area contributed by atoms with Crippen LogP contribution >= 0.6 is 11.3 Å². The van der Waals surface area contributed by atoms with Crippen LogP contribution in [0.2, 0.25) is 0 Å². The summed E-state index contributed by atoms with van der Waals surface area (Å²) in [7, 11) is 2.21. The zero-order chi connectivity index (χ0) is 38.8. The molecule has 3 heterocycles. The van der Waals surface area contributed by atoms with Crippen LogP contribution in [-0.4, -0.2) is 17.3 Å². The fourth-order valence-electron chi connectivity index (χ4n) is 10.0. The van der Waals surface area contributed by atoms with E-state index in [4.69, 9.17) is 4.99 Å². The summed E-state index contributed by atoms with van der Waals surface area (Å²) in [6.45, 7) is 0. The molecule has 0 radical (unpaired) electrons. The first-order chi connectivity index (χ1) is 29.2.